The monoisotopic (exact) mass is 201 g/mol. The van der Waals surface area contributed by atoms with Gasteiger partial charge in [-0.05, 0) is 12.0 Å². The lowest BCUT2D eigenvalue weighted by atomic mass is 10.1. The molecule has 0 aromatic heterocycles. The largest absolute Gasteiger partial charge is 0.373 e. The van der Waals surface area contributed by atoms with Crippen molar-refractivity contribution in [1.29, 1.82) is 0 Å². The minimum Gasteiger partial charge on any atom is -0.373 e. The lowest BCUT2D eigenvalue weighted by Gasteiger charge is -2.19. The smallest absolute Gasteiger partial charge is 0.101 e. The summed E-state index contributed by atoms with van der Waals surface area (Å²) in [6, 6.07) is 0. The molecule has 1 N–H and O–H groups in total. The molecule has 0 aromatic carbocycles. The highest BCUT2D eigenvalue weighted by molar-refractivity contribution is 9.09. The van der Waals surface area contributed by atoms with Gasteiger partial charge >= 0.3 is 0 Å². The molecule has 1 aliphatic heterocycles. The number of rotatable bonds is 1. The molecule has 1 nitrogen and oxygen atoms in total. The molecule has 1 rings (SSSR count). The normalized spacial score (nSPS) is 24.4. The molecule has 0 saturated carbocycles. The highest BCUT2D eigenvalue weighted by atomic mass is 79.9. The van der Waals surface area contributed by atoms with Crippen LogP contribution in [0.2, 0.25) is 0 Å². The van der Waals surface area contributed by atoms with Gasteiger partial charge in [0.2, 0.25) is 0 Å². The second kappa shape index (κ2) is 3.24. The molecular weight excluding hydrogens is 190 g/mol. The van der Waals surface area contributed by atoms with Crippen LogP contribution in [0.1, 0.15) is 13.8 Å². The van der Waals surface area contributed by atoms with Crippen molar-refractivity contribution < 1.29 is 0 Å². The van der Waals surface area contributed by atoms with E-state index in [2.05, 4.69) is 53.3 Å². The Labute approximate surface area is 70.3 Å². The Balaban J connectivity index is 2.61. The summed E-state index contributed by atoms with van der Waals surface area (Å²) in [4.78, 5) is 0.315. The summed E-state index contributed by atoms with van der Waals surface area (Å²) < 4.78 is 0. The van der Waals surface area contributed by atoms with E-state index >= 15 is 0 Å². The zero-order valence-electron chi connectivity index (χ0n) is 6.26. The third kappa shape index (κ3) is 1.87. The molecule has 0 radical (unpaired) electrons. The predicted molar refractivity (Wildman–Crippen MR) is 47.9 cm³/mol. The van der Waals surface area contributed by atoms with E-state index in [1.807, 2.05) is 0 Å². The Bertz CT molecular complexity index is 170. The molecule has 2 heteroatoms. The Morgan fingerprint density at radius 2 is 2.30 bits per heavy atom. The summed E-state index contributed by atoms with van der Waals surface area (Å²) in [6.45, 7) is 4.36. The number of allylic oxidation sites excluding steroid dienone is 3. The molecule has 56 valence electrons. The van der Waals surface area contributed by atoms with Gasteiger partial charge in [-0.25, -0.2) is 0 Å². The van der Waals surface area contributed by atoms with Crippen molar-refractivity contribution in [2.75, 3.05) is 0 Å². The molecule has 0 amide bonds. The van der Waals surface area contributed by atoms with Crippen molar-refractivity contribution in [3.05, 3.63) is 23.9 Å². The Morgan fingerprint density at radius 1 is 1.60 bits per heavy atom. The maximum atomic E-state index is 3.46. The predicted octanol–water partition coefficient (Wildman–Crippen LogP) is 2.41. The second-order valence-corrected chi connectivity index (χ2v) is 3.69. The summed E-state index contributed by atoms with van der Waals surface area (Å²) in [5.74, 6) is 0.588. The SMILES string of the molecule is CC(C)C1=CC=CC(Br)N1. The van der Waals surface area contributed by atoms with E-state index in [1.165, 1.54) is 5.70 Å². The fraction of sp³-hybridized carbons (Fsp3) is 0.500. The second-order valence-electron chi connectivity index (χ2n) is 2.71. The fourth-order valence-corrected chi connectivity index (χ4v) is 1.31. The van der Waals surface area contributed by atoms with Crippen LogP contribution in [0.5, 0.6) is 0 Å². The standard InChI is InChI=1S/C8H12BrN/c1-6(2)7-4-3-5-8(9)10-7/h3-6,8,10H,1-2H3. The van der Waals surface area contributed by atoms with E-state index in [0.717, 1.165) is 0 Å². The number of hydrogen-bond acceptors (Lipinski definition) is 1. The highest BCUT2D eigenvalue weighted by Gasteiger charge is 2.07. The van der Waals surface area contributed by atoms with Gasteiger partial charge < -0.3 is 5.32 Å². The summed E-state index contributed by atoms with van der Waals surface area (Å²) in [5.41, 5.74) is 1.30. The van der Waals surface area contributed by atoms with E-state index in [-0.39, 0.29) is 0 Å². The van der Waals surface area contributed by atoms with Crippen LogP contribution in [0.4, 0.5) is 0 Å². The lowest BCUT2D eigenvalue weighted by Crippen LogP contribution is -2.25. The molecule has 0 aromatic rings. The topological polar surface area (TPSA) is 12.0 Å². The van der Waals surface area contributed by atoms with Crippen molar-refractivity contribution in [3.63, 3.8) is 0 Å². The Morgan fingerprint density at radius 3 is 2.70 bits per heavy atom. The van der Waals surface area contributed by atoms with Crippen molar-refractivity contribution in [2.24, 2.45) is 5.92 Å². The number of alkyl halides is 1. The third-order valence-corrected chi connectivity index (χ3v) is 2.02. The van der Waals surface area contributed by atoms with E-state index in [0.29, 0.717) is 10.9 Å². The highest BCUT2D eigenvalue weighted by Crippen LogP contribution is 2.13. The first-order chi connectivity index (χ1) is 4.70. The van der Waals surface area contributed by atoms with E-state index in [1.54, 1.807) is 0 Å². The molecule has 1 atom stereocenters. The molecule has 0 spiro atoms. The summed E-state index contributed by atoms with van der Waals surface area (Å²) in [5, 5.41) is 3.31. The first-order valence-corrected chi connectivity index (χ1v) is 4.40. The lowest BCUT2D eigenvalue weighted by molar-refractivity contribution is 0.664. The molecule has 0 saturated heterocycles. The van der Waals surface area contributed by atoms with Crippen LogP contribution >= 0.6 is 15.9 Å². The molecule has 0 fully saturated rings. The zero-order valence-corrected chi connectivity index (χ0v) is 7.85. The van der Waals surface area contributed by atoms with Crippen LogP contribution in [0.25, 0.3) is 0 Å². The van der Waals surface area contributed by atoms with Gasteiger partial charge in [0.1, 0.15) is 4.95 Å². The van der Waals surface area contributed by atoms with Gasteiger partial charge in [0, 0.05) is 5.70 Å². The van der Waals surface area contributed by atoms with E-state index < -0.39 is 0 Å². The van der Waals surface area contributed by atoms with Crippen LogP contribution < -0.4 is 5.32 Å². The number of dihydropyridines is 1. The van der Waals surface area contributed by atoms with Gasteiger partial charge in [-0.2, -0.15) is 0 Å². The van der Waals surface area contributed by atoms with Gasteiger partial charge in [-0.15, -0.1) is 0 Å². The van der Waals surface area contributed by atoms with Gasteiger partial charge in [-0.3, -0.25) is 0 Å². The van der Waals surface area contributed by atoms with Gasteiger partial charge in [0.05, 0.1) is 0 Å². The number of hydrogen-bond donors (Lipinski definition) is 1. The maximum Gasteiger partial charge on any atom is 0.101 e. The first kappa shape index (κ1) is 7.86. The summed E-state index contributed by atoms with van der Waals surface area (Å²) in [7, 11) is 0. The Hall–Kier alpha value is -0.240. The van der Waals surface area contributed by atoms with Crippen LogP contribution in [-0.2, 0) is 0 Å². The van der Waals surface area contributed by atoms with E-state index in [9.17, 15) is 0 Å². The van der Waals surface area contributed by atoms with Crippen molar-refractivity contribution in [2.45, 2.75) is 18.8 Å². The molecule has 10 heavy (non-hydrogen) atoms. The van der Waals surface area contributed by atoms with Crippen LogP contribution in [0.15, 0.2) is 23.9 Å². The van der Waals surface area contributed by atoms with Crippen molar-refractivity contribution >= 4 is 15.9 Å². The average molecular weight is 202 g/mol. The molecule has 1 heterocycles. The summed E-state index contributed by atoms with van der Waals surface area (Å²) in [6.07, 6.45) is 6.26. The quantitative estimate of drug-likeness (QED) is 0.508. The molecule has 1 aliphatic rings. The van der Waals surface area contributed by atoms with Crippen LogP contribution in [-0.4, -0.2) is 4.95 Å². The average Bonchev–Trinajstić information content (AvgIpc) is 1.88. The zero-order chi connectivity index (χ0) is 7.56. The minimum atomic E-state index is 0.315. The van der Waals surface area contributed by atoms with Gasteiger partial charge in [-0.1, -0.05) is 41.9 Å². The first-order valence-electron chi connectivity index (χ1n) is 3.49. The molecular formula is C8H12BrN. The minimum absolute atomic E-state index is 0.315. The van der Waals surface area contributed by atoms with Crippen LogP contribution in [0.3, 0.4) is 0 Å². The van der Waals surface area contributed by atoms with Crippen molar-refractivity contribution in [1.82, 2.24) is 5.32 Å². The fourth-order valence-electron chi connectivity index (χ4n) is 0.871. The molecule has 1 unspecified atom stereocenters. The maximum absolute atomic E-state index is 3.46. The van der Waals surface area contributed by atoms with Gasteiger partial charge in [0.15, 0.2) is 0 Å². The van der Waals surface area contributed by atoms with Crippen LogP contribution in [0, 0.1) is 5.92 Å². The third-order valence-electron chi connectivity index (χ3n) is 1.48. The van der Waals surface area contributed by atoms with E-state index in [4.69, 9.17) is 0 Å². The molecule has 0 bridgehead atoms. The van der Waals surface area contributed by atoms with Crippen molar-refractivity contribution in [3.8, 4) is 0 Å². The summed E-state index contributed by atoms with van der Waals surface area (Å²) >= 11 is 3.46. The molecule has 0 aliphatic carbocycles. The van der Waals surface area contributed by atoms with Gasteiger partial charge in [0.25, 0.3) is 0 Å². The number of halogens is 1. The Kier molecular flexibility index (Phi) is 2.55. The number of nitrogens with one attached hydrogen (secondary N) is 1.